The molecule has 0 aliphatic carbocycles. The minimum absolute atomic E-state index is 0. The summed E-state index contributed by atoms with van der Waals surface area (Å²) < 4.78 is 5.16. The van der Waals surface area contributed by atoms with Crippen molar-refractivity contribution in [2.45, 2.75) is 19.6 Å². The molecule has 2 aromatic rings. The Balaban J connectivity index is 0.00000261. The number of ether oxygens (including phenoxy) is 1. The van der Waals surface area contributed by atoms with Gasteiger partial charge in [0, 0.05) is 33.8 Å². The number of guanidine groups is 1. The van der Waals surface area contributed by atoms with Crippen LogP contribution in [0.15, 0.2) is 65.7 Å². The second-order valence-electron chi connectivity index (χ2n) is 6.44. The molecule has 0 bridgehead atoms. The third-order valence-corrected chi connectivity index (χ3v) is 4.65. The van der Waals surface area contributed by atoms with Crippen molar-refractivity contribution in [3.63, 3.8) is 0 Å². The van der Waals surface area contributed by atoms with E-state index in [1.165, 1.54) is 22.3 Å². The third kappa shape index (κ3) is 6.07. The Morgan fingerprint density at radius 3 is 2.37 bits per heavy atom. The summed E-state index contributed by atoms with van der Waals surface area (Å²) in [7, 11) is 3.57. The zero-order valence-electron chi connectivity index (χ0n) is 16.0. The fourth-order valence-corrected chi connectivity index (χ4v) is 3.21. The van der Waals surface area contributed by atoms with Crippen LogP contribution in [0, 0.1) is 0 Å². The summed E-state index contributed by atoms with van der Waals surface area (Å²) in [5, 5.41) is 3.48. The first-order valence-corrected chi connectivity index (χ1v) is 9.07. The van der Waals surface area contributed by atoms with Gasteiger partial charge in [0.15, 0.2) is 5.96 Å². The van der Waals surface area contributed by atoms with E-state index < -0.39 is 0 Å². The summed E-state index contributed by atoms with van der Waals surface area (Å²) in [6.45, 7) is 3.29. The van der Waals surface area contributed by atoms with Crippen LogP contribution in [0.3, 0.4) is 0 Å². The topological polar surface area (TPSA) is 36.9 Å². The average Bonchev–Trinajstić information content (AvgIpc) is 2.71. The monoisotopic (exact) mass is 477 g/mol. The van der Waals surface area contributed by atoms with E-state index in [-0.39, 0.29) is 24.0 Å². The van der Waals surface area contributed by atoms with Crippen LogP contribution >= 0.6 is 24.0 Å². The van der Waals surface area contributed by atoms with Crippen LogP contribution in [-0.4, -0.2) is 38.1 Å². The summed E-state index contributed by atoms with van der Waals surface area (Å²) in [5.41, 5.74) is 5.18. The maximum absolute atomic E-state index is 5.16. The van der Waals surface area contributed by atoms with Gasteiger partial charge in [-0.3, -0.25) is 4.99 Å². The highest BCUT2D eigenvalue weighted by Crippen LogP contribution is 2.22. The Morgan fingerprint density at radius 2 is 1.78 bits per heavy atom. The molecule has 0 unspecified atom stereocenters. The Morgan fingerprint density at radius 1 is 1.07 bits per heavy atom. The molecule has 5 heteroatoms. The number of nitrogens with one attached hydrogen (secondary N) is 1. The molecule has 0 atom stereocenters. The molecule has 4 nitrogen and oxygen atoms in total. The lowest BCUT2D eigenvalue weighted by molar-refractivity contribution is 0.185. The van der Waals surface area contributed by atoms with Crippen LogP contribution < -0.4 is 5.32 Å². The van der Waals surface area contributed by atoms with Crippen molar-refractivity contribution < 1.29 is 4.74 Å². The van der Waals surface area contributed by atoms with Gasteiger partial charge >= 0.3 is 0 Å². The molecule has 1 aliphatic heterocycles. The van der Waals surface area contributed by atoms with E-state index in [9.17, 15) is 0 Å². The highest BCUT2D eigenvalue weighted by Gasteiger charge is 2.15. The van der Waals surface area contributed by atoms with Crippen molar-refractivity contribution in [1.82, 2.24) is 10.2 Å². The number of halogens is 1. The molecule has 1 N–H and O–H groups in total. The summed E-state index contributed by atoms with van der Waals surface area (Å²) in [4.78, 5) is 6.75. The summed E-state index contributed by atoms with van der Waals surface area (Å²) in [5.74, 6) is 0.953. The van der Waals surface area contributed by atoms with E-state index in [1.54, 1.807) is 7.11 Å². The van der Waals surface area contributed by atoms with Crippen LogP contribution in [-0.2, 0) is 17.9 Å². The molecule has 1 heterocycles. The molecular formula is C22H28IN3O. The maximum Gasteiger partial charge on any atom is 0.194 e. The van der Waals surface area contributed by atoms with Crippen LogP contribution in [0.5, 0.6) is 0 Å². The lowest BCUT2D eigenvalue weighted by atomic mass is 10.00. The largest absolute Gasteiger partial charge is 0.380 e. The molecule has 0 radical (unpaired) electrons. The highest BCUT2D eigenvalue weighted by molar-refractivity contribution is 14.0. The van der Waals surface area contributed by atoms with Crippen LogP contribution in [0.1, 0.15) is 23.1 Å². The smallest absolute Gasteiger partial charge is 0.194 e. The molecule has 27 heavy (non-hydrogen) atoms. The van der Waals surface area contributed by atoms with E-state index >= 15 is 0 Å². The number of aliphatic imine (C=N–C) groups is 1. The Labute approximate surface area is 179 Å². The maximum atomic E-state index is 5.16. The van der Waals surface area contributed by atoms with E-state index in [4.69, 9.17) is 4.74 Å². The van der Waals surface area contributed by atoms with Crippen molar-refractivity contribution in [3.05, 3.63) is 77.4 Å². The molecule has 2 aromatic carbocycles. The van der Waals surface area contributed by atoms with Crippen molar-refractivity contribution in [2.24, 2.45) is 4.99 Å². The first kappa shape index (κ1) is 21.4. The van der Waals surface area contributed by atoms with E-state index in [0.717, 1.165) is 32.0 Å². The average molecular weight is 477 g/mol. The number of hydrogen-bond donors (Lipinski definition) is 1. The lowest BCUT2D eigenvalue weighted by Crippen LogP contribution is -2.43. The van der Waals surface area contributed by atoms with Gasteiger partial charge in [-0.05, 0) is 28.7 Å². The second kappa shape index (κ2) is 11.1. The van der Waals surface area contributed by atoms with Crippen LogP contribution in [0.4, 0.5) is 0 Å². The SMILES string of the molecule is CN=C(NCc1ccc(COC)cc1)N1CC=C(c2ccccc2)CC1.I. The molecule has 0 spiro atoms. The van der Waals surface area contributed by atoms with Gasteiger partial charge in [-0.2, -0.15) is 0 Å². The first-order valence-electron chi connectivity index (χ1n) is 9.07. The molecule has 0 fully saturated rings. The molecule has 1 aliphatic rings. The molecule has 144 valence electrons. The van der Waals surface area contributed by atoms with E-state index in [1.807, 2.05) is 7.05 Å². The number of benzene rings is 2. The second-order valence-corrected chi connectivity index (χ2v) is 6.44. The highest BCUT2D eigenvalue weighted by atomic mass is 127. The lowest BCUT2D eigenvalue weighted by Gasteiger charge is -2.29. The van der Waals surface area contributed by atoms with Gasteiger partial charge in [0.1, 0.15) is 0 Å². The van der Waals surface area contributed by atoms with Gasteiger partial charge in [-0.25, -0.2) is 0 Å². The van der Waals surface area contributed by atoms with Crippen molar-refractivity contribution in [3.8, 4) is 0 Å². The minimum atomic E-state index is 0. The van der Waals surface area contributed by atoms with E-state index in [2.05, 4.69) is 75.9 Å². The fourth-order valence-electron chi connectivity index (χ4n) is 3.21. The number of hydrogen-bond acceptors (Lipinski definition) is 2. The molecule has 0 saturated carbocycles. The molecule has 3 rings (SSSR count). The van der Waals surface area contributed by atoms with Crippen molar-refractivity contribution >= 4 is 35.5 Å². The van der Waals surface area contributed by atoms with Crippen molar-refractivity contribution in [2.75, 3.05) is 27.2 Å². The van der Waals surface area contributed by atoms with Crippen LogP contribution in [0.2, 0.25) is 0 Å². The predicted molar refractivity (Wildman–Crippen MR) is 123 cm³/mol. The third-order valence-electron chi connectivity index (χ3n) is 4.65. The fraction of sp³-hybridized carbons (Fsp3) is 0.318. The first-order chi connectivity index (χ1) is 12.8. The van der Waals surface area contributed by atoms with Gasteiger partial charge in [0.05, 0.1) is 6.61 Å². The van der Waals surface area contributed by atoms with Crippen molar-refractivity contribution in [1.29, 1.82) is 0 Å². The van der Waals surface area contributed by atoms with E-state index in [0.29, 0.717) is 6.61 Å². The summed E-state index contributed by atoms with van der Waals surface area (Å²) in [6, 6.07) is 19.1. The molecular weight excluding hydrogens is 449 g/mol. The van der Waals surface area contributed by atoms with Gasteiger partial charge < -0.3 is 15.0 Å². The standard InChI is InChI=1S/C22H27N3O.HI/c1-23-22(24-16-18-8-10-19(11-9-18)17-26-2)25-14-12-21(13-15-25)20-6-4-3-5-7-20;/h3-12H,13-17H2,1-2H3,(H,23,24);1H. The number of nitrogens with zero attached hydrogens (tertiary/aromatic N) is 2. The normalized spacial score (nSPS) is 14.4. The van der Waals surface area contributed by atoms with Gasteiger partial charge in [-0.1, -0.05) is 60.7 Å². The zero-order chi connectivity index (χ0) is 18.2. The number of rotatable bonds is 5. The predicted octanol–water partition coefficient (Wildman–Crippen LogP) is 4.32. The van der Waals surface area contributed by atoms with Crippen LogP contribution in [0.25, 0.3) is 5.57 Å². The molecule has 0 amide bonds. The van der Waals surface area contributed by atoms with Gasteiger partial charge in [0.25, 0.3) is 0 Å². The quantitative estimate of drug-likeness (QED) is 0.396. The Bertz CT molecular complexity index is 757. The summed E-state index contributed by atoms with van der Waals surface area (Å²) >= 11 is 0. The Hall–Kier alpha value is -1.86. The molecule has 0 saturated heterocycles. The number of methoxy groups -OCH3 is 1. The summed E-state index contributed by atoms with van der Waals surface area (Å²) in [6.07, 6.45) is 3.35. The van der Waals surface area contributed by atoms with Gasteiger partial charge in [-0.15, -0.1) is 24.0 Å². The minimum Gasteiger partial charge on any atom is -0.380 e. The zero-order valence-corrected chi connectivity index (χ0v) is 18.4. The molecule has 0 aromatic heterocycles. The van der Waals surface area contributed by atoms with Gasteiger partial charge in [0.2, 0.25) is 0 Å². The Kier molecular flexibility index (Phi) is 8.81.